The number of nitrogens with one attached hydrogen (secondary N) is 2. The van der Waals surface area contributed by atoms with Crippen LogP contribution in [0.2, 0.25) is 0 Å². The van der Waals surface area contributed by atoms with E-state index in [0.29, 0.717) is 0 Å². The molecular weight excluding hydrogens is 366 g/mol. The van der Waals surface area contributed by atoms with Crippen LogP contribution in [0.25, 0.3) is 0 Å². The summed E-state index contributed by atoms with van der Waals surface area (Å²) in [6.45, 7) is 7.22. The van der Waals surface area contributed by atoms with Gasteiger partial charge in [0.2, 0.25) is 0 Å². The van der Waals surface area contributed by atoms with Gasteiger partial charge in [0.1, 0.15) is 0 Å². The number of likely N-dealkylation sites (tertiary alicyclic amines) is 1. The van der Waals surface area contributed by atoms with Crippen molar-refractivity contribution in [1.82, 2.24) is 20.5 Å². The van der Waals surface area contributed by atoms with E-state index in [9.17, 15) is 0 Å². The van der Waals surface area contributed by atoms with Gasteiger partial charge in [0.05, 0.1) is 5.01 Å². The molecule has 6 heteroatoms. The maximum Gasteiger partial charge on any atom is 0.191 e. The molecular formula is C22H33N5S. The highest BCUT2D eigenvalue weighted by molar-refractivity contribution is 7.11. The van der Waals surface area contributed by atoms with Crippen molar-refractivity contribution in [3.05, 3.63) is 51.5 Å². The van der Waals surface area contributed by atoms with Crippen molar-refractivity contribution in [3.8, 4) is 0 Å². The molecule has 1 aliphatic rings. The molecule has 152 valence electrons. The van der Waals surface area contributed by atoms with Gasteiger partial charge in [-0.1, -0.05) is 37.1 Å². The van der Waals surface area contributed by atoms with Crippen LogP contribution >= 0.6 is 11.3 Å². The minimum atomic E-state index is 0.792. The molecule has 1 aromatic carbocycles. The fraction of sp³-hybridized carbons (Fsp3) is 0.545. The molecule has 1 aromatic heterocycles. The first kappa shape index (κ1) is 20.8. The second-order valence-electron chi connectivity index (χ2n) is 7.43. The molecule has 5 nitrogen and oxygen atoms in total. The topological polar surface area (TPSA) is 52.6 Å². The third-order valence-corrected chi connectivity index (χ3v) is 6.15. The average Bonchev–Trinajstić information content (AvgIpc) is 2.96. The van der Waals surface area contributed by atoms with Crippen molar-refractivity contribution in [3.63, 3.8) is 0 Å². The third-order valence-electron chi connectivity index (χ3n) is 5.18. The Morgan fingerprint density at radius 3 is 2.54 bits per heavy atom. The molecule has 0 saturated carbocycles. The van der Waals surface area contributed by atoms with Crippen LogP contribution in [-0.4, -0.2) is 42.5 Å². The van der Waals surface area contributed by atoms with Crippen LogP contribution in [0.4, 0.5) is 0 Å². The molecule has 0 spiro atoms. The van der Waals surface area contributed by atoms with Crippen LogP contribution in [0, 0.1) is 6.92 Å². The summed E-state index contributed by atoms with van der Waals surface area (Å²) in [6.07, 6.45) is 8.27. The molecule has 1 aliphatic heterocycles. The summed E-state index contributed by atoms with van der Waals surface area (Å²) in [5, 5.41) is 8.04. The minimum Gasteiger partial charge on any atom is -0.356 e. The molecule has 0 aliphatic carbocycles. The largest absolute Gasteiger partial charge is 0.356 e. The predicted octanol–water partition coefficient (Wildman–Crippen LogP) is 3.74. The Bertz CT molecular complexity index is 747. The maximum atomic E-state index is 4.42. The molecule has 1 fully saturated rings. The van der Waals surface area contributed by atoms with Crippen molar-refractivity contribution in [2.75, 3.05) is 26.7 Å². The van der Waals surface area contributed by atoms with Gasteiger partial charge >= 0.3 is 0 Å². The summed E-state index contributed by atoms with van der Waals surface area (Å²) in [7, 11) is 1.83. The lowest BCUT2D eigenvalue weighted by Gasteiger charge is -2.22. The summed E-state index contributed by atoms with van der Waals surface area (Å²) < 4.78 is 0. The number of thiazole rings is 1. The zero-order valence-corrected chi connectivity index (χ0v) is 18.0. The van der Waals surface area contributed by atoms with Crippen LogP contribution in [-0.2, 0) is 19.5 Å². The molecule has 0 atom stereocenters. The van der Waals surface area contributed by atoms with Crippen LogP contribution in [0.3, 0.4) is 0 Å². The molecule has 0 amide bonds. The number of aryl methyl sites for hydroxylation is 1. The summed E-state index contributed by atoms with van der Waals surface area (Å²) in [4.78, 5) is 12.7. The highest BCUT2D eigenvalue weighted by Crippen LogP contribution is 2.16. The number of aliphatic imine (C=N–C) groups is 1. The Morgan fingerprint density at radius 1 is 1.11 bits per heavy atom. The molecule has 2 aromatic rings. The minimum absolute atomic E-state index is 0.792. The van der Waals surface area contributed by atoms with Crippen molar-refractivity contribution in [2.24, 2.45) is 4.99 Å². The van der Waals surface area contributed by atoms with Crippen molar-refractivity contribution in [2.45, 2.75) is 52.1 Å². The van der Waals surface area contributed by atoms with Gasteiger partial charge < -0.3 is 10.6 Å². The van der Waals surface area contributed by atoms with E-state index >= 15 is 0 Å². The van der Waals surface area contributed by atoms with Gasteiger partial charge in [-0.15, -0.1) is 11.3 Å². The van der Waals surface area contributed by atoms with Gasteiger partial charge in [0, 0.05) is 44.2 Å². The quantitative estimate of drug-likeness (QED) is 0.550. The summed E-state index contributed by atoms with van der Waals surface area (Å²) >= 11 is 1.76. The molecule has 0 radical (unpaired) electrons. The SMILES string of the molecule is CN=C(NCCc1ncc(C)s1)NCc1ccccc1CN1CCCCCC1. The van der Waals surface area contributed by atoms with Crippen molar-refractivity contribution >= 4 is 17.3 Å². The van der Waals surface area contributed by atoms with Gasteiger partial charge in [-0.05, 0) is 44.0 Å². The highest BCUT2D eigenvalue weighted by atomic mass is 32.1. The van der Waals surface area contributed by atoms with Crippen molar-refractivity contribution in [1.29, 1.82) is 0 Å². The van der Waals surface area contributed by atoms with E-state index in [0.717, 1.165) is 32.0 Å². The normalized spacial score (nSPS) is 16.0. The fourth-order valence-electron chi connectivity index (χ4n) is 3.62. The zero-order chi connectivity index (χ0) is 19.6. The number of nitrogens with zero attached hydrogens (tertiary/aromatic N) is 3. The Morgan fingerprint density at radius 2 is 1.86 bits per heavy atom. The standard InChI is InChI=1S/C22H33N5S/c1-18-15-25-21(28-18)11-12-24-22(23-2)26-16-19-9-5-6-10-20(19)17-27-13-7-3-4-8-14-27/h5-6,9-10,15H,3-4,7-8,11-14,16-17H2,1-2H3,(H2,23,24,26). The van der Waals surface area contributed by atoms with E-state index in [1.165, 1.54) is 59.8 Å². The molecule has 28 heavy (non-hydrogen) atoms. The van der Waals surface area contributed by atoms with Crippen molar-refractivity contribution < 1.29 is 0 Å². The van der Waals surface area contributed by atoms with Crippen LogP contribution in [0.1, 0.15) is 46.7 Å². The first-order chi connectivity index (χ1) is 13.7. The second kappa shape index (κ2) is 11.2. The second-order valence-corrected chi connectivity index (χ2v) is 8.75. The Kier molecular flexibility index (Phi) is 8.30. The fourth-order valence-corrected chi connectivity index (χ4v) is 4.41. The predicted molar refractivity (Wildman–Crippen MR) is 119 cm³/mol. The Hall–Kier alpha value is -1.92. The Labute approximate surface area is 173 Å². The van der Waals surface area contributed by atoms with Crippen LogP contribution in [0.15, 0.2) is 35.5 Å². The Balaban J connectivity index is 1.49. The van der Waals surface area contributed by atoms with Crippen LogP contribution < -0.4 is 10.6 Å². The van der Waals surface area contributed by atoms with E-state index < -0.39 is 0 Å². The highest BCUT2D eigenvalue weighted by Gasteiger charge is 2.12. The molecule has 3 rings (SSSR count). The van der Waals surface area contributed by atoms with E-state index in [1.54, 1.807) is 11.3 Å². The number of benzene rings is 1. The first-order valence-electron chi connectivity index (χ1n) is 10.4. The van der Waals surface area contributed by atoms with E-state index in [1.807, 2.05) is 13.2 Å². The van der Waals surface area contributed by atoms with Gasteiger partial charge in [-0.2, -0.15) is 0 Å². The molecule has 1 saturated heterocycles. The smallest absolute Gasteiger partial charge is 0.191 e. The van der Waals surface area contributed by atoms with E-state index in [2.05, 4.69) is 56.7 Å². The summed E-state index contributed by atoms with van der Waals surface area (Å²) in [6, 6.07) is 8.78. The van der Waals surface area contributed by atoms with Gasteiger partial charge in [-0.3, -0.25) is 9.89 Å². The van der Waals surface area contributed by atoms with Gasteiger partial charge in [0.15, 0.2) is 5.96 Å². The number of rotatable bonds is 7. The third kappa shape index (κ3) is 6.60. The van der Waals surface area contributed by atoms with Crippen LogP contribution in [0.5, 0.6) is 0 Å². The zero-order valence-electron chi connectivity index (χ0n) is 17.2. The number of hydrogen-bond donors (Lipinski definition) is 2. The molecule has 2 heterocycles. The van der Waals surface area contributed by atoms with E-state index in [-0.39, 0.29) is 0 Å². The summed E-state index contributed by atoms with van der Waals surface area (Å²) in [5.41, 5.74) is 2.77. The lowest BCUT2D eigenvalue weighted by Crippen LogP contribution is -2.38. The lowest BCUT2D eigenvalue weighted by molar-refractivity contribution is 0.276. The molecule has 0 bridgehead atoms. The number of aromatic nitrogens is 1. The monoisotopic (exact) mass is 399 g/mol. The van der Waals surface area contributed by atoms with Gasteiger partial charge in [-0.25, -0.2) is 4.98 Å². The average molecular weight is 400 g/mol. The van der Waals surface area contributed by atoms with E-state index in [4.69, 9.17) is 0 Å². The number of hydrogen-bond acceptors (Lipinski definition) is 4. The van der Waals surface area contributed by atoms with Gasteiger partial charge in [0.25, 0.3) is 0 Å². The summed E-state index contributed by atoms with van der Waals surface area (Å²) in [5.74, 6) is 0.845. The lowest BCUT2D eigenvalue weighted by atomic mass is 10.1. The first-order valence-corrected chi connectivity index (χ1v) is 11.2. The molecule has 2 N–H and O–H groups in total. The maximum absolute atomic E-state index is 4.42. The number of guanidine groups is 1. The molecule has 0 unspecified atom stereocenters.